The van der Waals surface area contributed by atoms with Gasteiger partial charge in [-0.25, -0.2) is 0 Å². The van der Waals surface area contributed by atoms with Gasteiger partial charge in [0.1, 0.15) is 5.75 Å². The summed E-state index contributed by atoms with van der Waals surface area (Å²) in [5, 5.41) is 6.50. The summed E-state index contributed by atoms with van der Waals surface area (Å²) >= 11 is 0. The van der Waals surface area contributed by atoms with E-state index < -0.39 is 0 Å². The normalized spacial score (nSPS) is 23.0. The lowest BCUT2D eigenvalue weighted by molar-refractivity contribution is -0.122. The highest BCUT2D eigenvalue weighted by Crippen LogP contribution is 2.44. The van der Waals surface area contributed by atoms with Gasteiger partial charge in [-0.1, -0.05) is 31.0 Å². The number of para-hydroxylation sites is 1. The van der Waals surface area contributed by atoms with Crippen molar-refractivity contribution in [1.82, 2.24) is 10.6 Å². The fraction of sp³-hybridized carbons (Fsp3) is 0.632. The molecule has 0 radical (unpaired) electrons. The highest BCUT2D eigenvalue weighted by Gasteiger charge is 2.38. The molecule has 1 aromatic carbocycles. The molecule has 5 heteroatoms. The summed E-state index contributed by atoms with van der Waals surface area (Å²) in [4.78, 5) is 12.4. The summed E-state index contributed by atoms with van der Waals surface area (Å²) in [6.07, 6.45) is 5.07. The number of rotatable bonds is 6. The number of nitrogens with one attached hydrogen (secondary N) is 2. The van der Waals surface area contributed by atoms with Gasteiger partial charge in [0, 0.05) is 36.5 Å². The Balaban J connectivity index is 1.64. The van der Waals surface area contributed by atoms with Crippen LogP contribution in [0.4, 0.5) is 0 Å². The third-order valence-electron chi connectivity index (χ3n) is 5.29. The predicted octanol–water partition coefficient (Wildman–Crippen LogP) is 2.00. The van der Waals surface area contributed by atoms with Crippen molar-refractivity contribution in [1.29, 1.82) is 0 Å². The summed E-state index contributed by atoms with van der Waals surface area (Å²) in [6.45, 7) is 2.85. The first-order valence-corrected chi connectivity index (χ1v) is 8.95. The van der Waals surface area contributed by atoms with Crippen LogP contribution < -0.4 is 15.4 Å². The van der Waals surface area contributed by atoms with E-state index in [1.54, 1.807) is 7.11 Å². The second kappa shape index (κ2) is 7.99. The highest BCUT2D eigenvalue weighted by molar-refractivity contribution is 5.76. The topological polar surface area (TPSA) is 59.6 Å². The first-order valence-electron chi connectivity index (χ1n) is 8.95. The van der Waals surface area contributed by atoms with Gasteiger partial charge in [-0.15, -0.1) is 0 Å². The summed E-state index contributed by atoms with van der Waals surface area (Å²) in [5.41, 5.74) is 1.23. The molecular formula is C19H28N2O3. The van der Waals surface area contributed by atoms with E-state index in [0.717, 1.165) is 31.7 Å². The lowest BCUT2D eigenvalue weighted by Crippen LogP contribution is -2.46. The van der Waals surface area contributed by atoms with Crippen LogP contribution >= 0.6 is 0 Å². The summed E-state index contributed by atoms with van der Waals surface area (Å²) < 4.78 is 11.0. The third kappa shape index (κ3) is 3.90. The van der Waals surface area contributed by atoms with E-state index in [1.165, 1.54) is 18.4 Å². The van der Waals surface area contributed by atoms with Crippen LogP contribution in [0.15, 0.2) is 24.3 Å². The Morgan fingerprint density at radius 3 is 2.88 bits per heavy atom. The van der Waals surface area contributed by atoms with Crippen molar-refractivity contribution in [2.45, 2.75) is 43.6 Å². The fourth-order valence-electron chi connectivity index (χ4n) is 3.99. The SMILES string of the molecule is COc1ccccc1C1(CNC(=O)CC2COCCN2)CCCC1. The number of amides is 1. The second-order valence-electron chi connectivity index (χ2n) is 6.89. The van der Waals surface area contributed by atoms with Crippen molar-refractivity contribution in [3.05, 3.63) is 29.8 Å². The maximum absolute atomic E-state index is 12.4. The van der Waals surface area contributed by atoms with Gasteiger partial charge in [0.25, 0.3) is 0 Å². The van der Waals surface area contributed by atoms with E-state index in [9.17, 15) is 4.79 Å². The Bertz CT molecular complexity index is 549. The average Bonchev–Trinajstić information content (AvgIpc) is 3.11. The van der Waals surface area contributed by atoms with Gasteiger partial charge in [-0.2, -0.15) is 0 Å². The Kier molecular flexibility index (Phi) is 5.74. The van der Waals surface area contributed by atoms with Crippen molar-refractivity contribution < 1.29 is 14.3 Å². The molecule has 1 unspecified atom stereocenters. The number of benzene rings is 1. The van der Waals surface area contributed by atoms with Gasteiger partial charge in [0.05, 0.1) is 20.3 Å². The minimum atomic E-state index is -0.00123. The van der Waals surface area contributed by atoms with Crippen LogP contribution in [-0.4, -0.2) is 45.4 Å². The van der Waals surface area contributed by atoms with Crippen LogP contribution in [0.5, 0.6) is 5.75 Å². The third-order valence-corrected chi connectivity index (χ3v) is 5.29. The molecular weight excluding hydrogens is 304 g/mol. The van der Waals surface area contributed by atoms with Crippen LogP contribution in [0.2, 0.25) is 0 Å². The molecule has 1 aliphatic heterocycles. The molecule has 1 amide bonds. The van der Waals surface area contributed by atoms with Crippen LogP contribution in [0.3, 0.4) is 0 Å². The zero-order valence-corrected chi connectivity index (χ0v) is 14.5. The number of ether oxygens (including phenoxy) is 2. The van der Waals surface area contributed by atoms with E-state index in [4.69, 9.17) is 9.47 Å². The van der Waals surface area contributed by atoms with Gasteiger partial charge in [0.15, 0.2) is 0 Å². The molecule has 0 bridgehead atoms. The maximum Gasteiger partial charge on any atom is 0.221 e. The van der Waals surface area contributed by atoms with Crippen LogP contribution in [0.25, 0.3) is 0 Å². The standard InChI is InChI=1S/C19H28N2O3/c1-23-17-7-3-2-6-16(17)19(8-4-5-9-19)14-21-18(22)12-15-13-24-11-10-20-15/h2-3,6-7,15,20H,4-5,8-14H2,1H3,(H,21,22). The first kappa shape index (κ1) is 17.2. The van der Waals surface area contributed by atoms with Gasteiger partial charge < -0.3 is 20.1 Å². The van der Waals surface area contributed by atoms with Crippen molar-refractivity contribution >= 4 is 5.91 Å². The lowest BCUT2D eigenvalue weighted by Gasteiger charge is -2.32. The van der Waals surface area contributed by atoms with Crippen LogP contribution in [-0.2, 0) is 14.9 Å². The molecule has 0 aromatic heterocycles. The molecule has 1 atom stereocenters. The van der Waals surface area contributed by atoms with Gasteiger partial charge >= 0.3 is 0 Å². The summed E-state index contributed by atoms with van der Waals surface area (Å²) in [5.74, 6) is 1.02. The lowest BCUT2D eigenvalue weighted by atomic mass is 9.78. The molecule has 5 nitrogen and oxygen atoms in total. The molecule has 2 fully saturated rings. The van der Waals surface area contributed by atoms with Gasteiger partial charge in [-0.05, 0) is 18.9 Å². The molecule has 2 aliphatic rings. The minimum absolute atomic E-state index is 0.00123. The van der Waals surface area contributed by atoms with E-state index in [2.05, 4.69) is 22.8 Å². The molecule has 1 aromatic rings. The number of morpholine rings is 1. The van der Waals surface area contributed by atoms with E-state index in [-0.39, 0.29) is 17.4 Å². The highest BCUT2D eigenvalue weighted by atomic mass is 16.5. The largest absolute Gasteiger partial charge is 0.496 e. The second-order valence-corrected chi connectivity index (χ2v) is 6.89. The number of hydrogen-bond donors (Lipinski definition) is 2. The molecule has 3 rings (SSSR count). The molecule has 1 heterocycles. The Labute approximate surface area is 144 Å². The van der Waals surface area contributed by atoms with Gasteiger partial charge in [0.2, 0.25) is 5.91 Å². The fourth-order valence-corrected chi connectivity index (χ4v) is 3.99. The zero-order valence-electron chi connectivity index (χ0n) is 14.5. The Morgan fingerprint density at radius 2 is 2.17 bits per heavy atom. The zero-order chi connectivity index (χ0) is 16.8. The monoisotopic (exact) mass is 332 g/mol. The smallest absolute Gasteiger partial charge is 0.221 e. The number of carbonyl (C=O) groups is 1. The van der Waals surface area contributed by atoms with E-state index in [0.29, 0.717) is 19.6 Å². The number of hydrogen-bond acceptors (Lipinski definition) is 4. The molecule has 2 N–H and O–H groups in total. The molecule has 1 aliphatic carbocycles. The average molecular weight is 332 g/mol. The van der Waals surface area contributed by atoms with E-state index in [1.807, 2.05) is 12.1 Å². The maximum atomic E-state index is 12.4. The van der Waals surface area contributed by atoms with Crippen LogP contribution in [0.1, 0.15) is 37.7 Å². The molecule has 1 saturated carbocycles. The van der Waals surface area contributed by atoms with Crippen molar-refractivity contribution in [3.63, 3.8) is 0 Å². The summed E-state index contributed by atoms with van der Waals surface area (Å²) in [7, 11) is 1.72. The molecule has 24 heavy (non-hydrogen) atoms. The van der Waals surface area contributed by atoms with Crippen molar-refractivity contribution in [2.75, 3.05) is 33.4 Å². The molecule has 132 valence electrons. The quantitative estimate of drug-likeness (QED) is 0.836. The number of carbonyl (C=O) groups excluding carboxylic acids is 1. The predicted molar refractivity (Wildman–Crippen MR) is 93.4 cm³/mol. The summed E-state index contributed by atoms with van der Waals surface area (Å²) in [6, 6.07) is 8.35. The first-order chi connectivity index (χ1) is 11.7. The van der Waals surface area contributed by atoms with Crippen molar-refractivity contribution in [2.24, 2.45) is 0 Å². The molecule has 0 spiro atoms. The van der Waals surface area contributed by atoms with Crippen LogP contribution in [0, 0.1) is 0 Å². The van der Waals surface area contributed by atoms with Crippen molar-refractivity contribution in [3.8, 4) is 5.75 Å². The Hall–Kier alpha value is -1.59. The van der Waals surface area contributed by atoms with E-state index >= 15 is 0 Å². The minimum Gasteiger partial charge on any atom is -0.496 e. The number of methoxy groups -OCH3 is 1. The Morgan fingerprint density at radius 1 is 1.38 bits per heavy atom. The molecule has 1 saturated heterocycles. The van der Waals surface area contributed by atoms with Gasteiger partial charge in [-0.3, -0.25) is 4.79 Å².